The smallest absolute Gasteiger partial charge is 0.255 e. The second kappa shape index (κ2) is 5.16. The first-order chi connectivity index (χ1) is 8.29. The molecule has 0 aliphatic rings. The zero-order valence-corrected chi connectivity index (χ0v) is 9.44. The van der Waals surface area contributed by atoms with Crippen molar-refractivity contribution in [3.05, 3.63) is 60.2 Å². The zero-order valence-electron chi connectivity index (χ0n) is 9.44. The standard InChI is InChI=1S/C14H12NO2/c1-17-13-9-7-11(8-10-13)14(16)15-12-5-3-2-4-6-12/h3-10H,1H3,(H,15,16). The van der Waals surface area contributed by atoms with Crippen LogP contribution in [0.4, 0.5) is 5.69 Å². The van der Waals surface area contributed by atoms with Gasteiger partial charge in [-0.05, 0) is 42.5 Å². The molecule has 0 saturated heterocycles. The number of methoxy groups -OCH3 is 1. The van der Waals surface area contributed by atoms with Gasteiger partial charge in [0.05, 0.1) is 7.11 Å². The summed E-state index contributed by atoms with van der Waals surface area (Å²) in [6.07, 6.45) is 0. The second-order valence-electron chi connectivity index (χ2n) is 3.47. The normalized spacial score (nSPS) is 9.71. The number of benzene rings is 2. The fourth-order valence-corrected chi connectivity index (χ4v) is 1.42. The van der Waals surface area contributed by atoms with Crippen molar-refractivity contribution >= 4 is 11.6 Å². The van der Waals surface area contributed by atoms with Gasteiger partial charge in [-0.25, -0.2) is 0 Å². The van der Waals surface area contributed by atoms with Crippen molar-refractivity contribution in [2.24, 2.45) is 0 Å². The molecule has 0 aliphatic carbocycles. The Labute approximate surface area is 100 Å². The predicted octanol–water partition coefficient (Wildman–Crippen LogP) is 2.75. The van der Waals surface area contributed by atoms with E-state index < -0.39 is 0 Å². The topological polar surface area (TPSA) is 38.3 Å². The first-order valence-electron chi connectivity index (χ1n) is 5.21. The Hall–Kier alpha value is -2.29. The van der Waals surface area contributed by atoms with E-state index in [1.807, 2.05) is 0 Å². The van der Waals surface area contributed by atoms with Crippen molar-refractivity contribution in [2.45, 2.75) is 0 Å². The van der Waals surface area contributed by atoms with Crippen LogP contribution < -0.4 is 10.1 Å². The lowest BCUT2D eigenvalue weighted by Gasteiger charge is -2.05. The van der Waals surface area contributed by atoms with Crippen LogP contribution in [0.25, 0.3) is 0 Å². The van der Waals surface area contributed by atoms with Gasteiger partial charge in [0.2, 0.25) is 0 Å². The molecule has 0 bridgehead atoms. The van der Waals surface area contributed by atoms with E-state index >= 15 is 0 Å². The maximum atomic E-state index is 11.9. The first kappa shape index (κ1) is 11.2. The lowest BCUT2D eigenvalue weighted by Crippen LogP contribution is -2.11. The van der Waals surface area contributed by atoms with Crippen molar-refractivity contribution < 1.29 is 9.53 Å². The number of hydrogen-bond donors (Lipinski definition) is 1. The molecule has 0 aliphatic heterocycles. The Morgan fingerprint density at radius 3 is 2.35 bits per heavy atom. The van der Waals surface area contributed by atoms with Gasteiger partial charge in [0.15, 0.2) is 0 Å². The fraction of sp³-hybridized carbons (Fsp3) is 0.0714. The summed E-state index contributed by atoms with van der Waals surface area (Å²) in [6.45, 7) is 0. The van der Waals surface area contributed by atoms with Gasteiger partial charge in [0, 0.05) is 11.3 Å². The number of carbonyl (C=O) groups is 1. The van der Waals surface area contributed by atoms with Crippen LogP contribution in [0.1, 0.15) is 10.4 Å². The van der Waals surface area contributed by atoms with Crippen LogP contribution in [0.3, 0.4) is 0 Å². The Bertz CT molecular complexity index is 491. The summed E-state index contributed by atoms with van der Waals surface area (Å²) in [6, 6.07) is 17.0. The van der Waals surface area contributed by atoms with Gasteiger partial charge in [-0.1, -0.05) is 12.1 Å². The summed E-state index contributed by atoms with van der Waals surface area (Å²) in [5.74, 6) is 0.592. The summed E-state index contributed by atoms with van der Waals surface area (Å²) in [4.78, 5) is 11.9. The van der Waals surface area contributed by atoms with Crippen LogP contribution in [-0.2, 0) is 0 Å². The Kier molecular flexibility index (Phi) is 3.40. The third-order valence-corrected chi connectivity index (χ3v) is 2.33. The van der Waals surface area contributed by atoms with Gasteiger partial charge >= 0.3 is 0 Å². The molecule has 0 aromatic heterocycles. The Morgan fingerprint density at radius 2 is 1.76 bits per heavy atom. The number of hydrogen-bond acceptors (Lipinski definition) is 2. The molecule has 0 fully saturated rings. The molecule has 1 radical (unpaired) electrons. The minimum atomic E-state index is -0.140. The zero-order chi connectivity index (χ0) is 12.1. The van der Waals surface area contributed by atoms with E-state index in [9.17, 15) is 4.79 Å². The van der Waals surface area contributed by atoms with Gasteiger partial charge in [0.25, 0.3) is 5.91 Å². The number of anilines is 1. The molecule has 0 unspecified atom stereocenters. The van der Waals surface area contributed by atoms with Crippen molar-refractivity contribution in [3.8, 4) is 5.75 Å². The van der Waals surface area contributed by atoms with Crippen molar-refractivity contribution in [3.63, 3.8) is 0 Å². The monoisotopic (exact) mass is 226 g/mol. The minimum absolute atomic E-state index is 0.140. The van der Waals surface area contributed by atoms with E-state index in [4.69, 9.17) is 4.74 Å². The van der Waals surface area contributed by atoms with Crippen LogP contribution in [0.5, 0.6) is 5.75 Å². The largest absolute Gasteiger partial charge is 0.497 e. The Morgan fingerprint density at radius 1 is 1.12 bits per heavy atom. The lowest BCUT2D eigenvalue weighted by atomic mass is 10.2. The average molecular weight is 226 g/mol. The number of carbonyl (C=O) groups excluding carboxylic acids is 1. The van der Waals surface area contributed by atoms with Gasteiger partial charge in [-0.2, -0.15) is 0 Å². The molecular weight excluding hydrogens is 214 g/mol. The van der Waals surface area contributed by atoms with Gasteiger partial charge in [-0.15, -0.1) is 0 Å². The minimum Gasteiger partial charge on any atom is -0.497 e. The SMILES string of the molecule is COc1ccc(C(=O)Nc2cc[c]cc2)cc1. The van der Waals surface area contributed by atoms with Crippen molar-refractivity contribution in [1.82, 2.24) is 0 Å². The number of rotatable bonds is 3. The highest BCUT2D eigenvalue weighted by Crippen LogP contribution is 2.13. The van der Waals surface area contributed by atoms with Gasteiger partial charge < -0.3 is 10.1 Å². The highest BCUT2D eigenvalue weighted by molar-refractivity contribution is 6.04. The number of ether oxygens (including phenoxy) is 1. The van der Waals surface area contributed by atoms with Crippen LogP contribution in [-0.4, -0.2) is 13.0 Å². The maximum Gasteiger partial charge on any atom is 0.255 e. The third-order valence-electron chi connectivity index (χ3n) is 2.33. The molecule has 2 rings (SSSR count). The van der Waals surface area contributed by atoms with Crippen LogP contribution >= 0.6 is 0 Å². The lowest BCUT2D eigenvalue weighted by molar-refractivity contribution is 0.102. The highest BCUT2D eigenvalue weighted by Gasteiger charge is 2.05. The molecule has 85 valence electrons. The van der Waals surface area contributed by atoms with Crippen LogP contribution in [0.2, 0.25) is 0 Å². The molecule has 3 nitrogen and oxygen atoms in total. The van der Waals surface area contributed by atoms with E-state index in [1.165, 1.54) is 0 Å². The van der Waals surface area contributed by atoms with Crippen LogP contribution in [0.15, 0.2) is 48.5 Å². The summed E-state index contributed by atoms with van der Waals surface area (Å²) in [5, 5.41) is 2.80. The Balaban J connectivity index is 2.09. The molecule has 3 heteroatoms. The summed E-state index contributed by atoms with van der Waals surface area (Å²) >= 11 is 0. The molecular formula is C14H12NO2. The molecule has 0 heterocycles. The molecule has 0 spiro atoms. The molecule has 17 heavy (non-hydrogen) atoms. The quantitative estimate of drug-likeness (QED) is 0.873. The van der Waals surface area contributed by atoms with Crippen molar-refractivity contribution in [2.75, 3.05) is 12.4 Å². The molecule has 1 amide bonds. The van der Waals surface area contributed by atoms with E-state index in [1.54, 1.807) is 55.6 Å². The van der Waals surface area contributed by atoms with Gasteiger partial charge in [-0.3, -0.25) is 4.79 Å². The van der Waals surface area contributed by atoms with E-state index in [0.717, 1.165) is 11.4 Å². The first-order valence-corrected chi connectivity index (χ1v) is 5.21. The second-order valence-corrected chi connectivity index (χ2v) is 3.47. The molecule has 0 saturated carbocycles. The molecule has 2 aromatic carbocycles. The van der Waals surface area contributed by atoms with E-state index in [-0.39, 0.29) is 5.91 Å². The molecule has 0 atom stereocenters. The molecule has 2 aromatic rings. The summed E-state index contributed by atoms with van der Waals surface area (Å²) in [7, 11) is 1.59. The van der Waals surface area contributed by atoms with Crippen molar-refractivity contribution in [1.29, 1.82) is 0 Å². The number of nitrogens with one attached hydrogen (secondary N) is 1. The van der Waals surface area contributed by atoms with E-state index in [0.29, 0.717) is 5.56 Å². The predicted molar refractivity (Wildman–Crippen MR) is 66.2 cm³/mol. The number of amides is 1. The fourth-order valence-electron chi connectivity index (χ4n) is 1.42. The molecule has 1 N–H and O–H groups in total. The van der Waals surface area contributed by atoms with Crippen LogP contribution in [0, 0.1) is 6.07 Å². The summed E-state index contributed by atoms with van der Waals surface area (Å²) in [5.41, 5.74) is 1.35. The summed E-state index contributed by atoms with van der Waals surface area (Å²) < 4.78 is 5.03. The van der Waals surface area contributed by atoms with Gasteiger partial charge in [0.1, 0.15) is 5.75 Å². The third kappa shape index (κ3) is 2.84. The highest BCUT2D eigenvalue weighted by atomic mass is 16.5. The average Bonchev–Trinajstić information content (AvgIpc) is 2.40. The maximum absolute atomic E-state index is 11.9. The van der Waals surface area contributed by atoms with E-state index in [2.05, 4.69) is 11.4 Å².